The Bertz CT molecular complexity index is 583. The molecule has 0 aliphatic rings. The summed E-state index contributed by atoms with van der Waals surface area (Å²) >= 11 is 0. The van der Waals surface area contributed by atoms with Crippen LogP contribution in [0.5, 0.6) is 0 Å². The van der Waals surface area contributed by atoms with E-state index in [0.29, 0.717) is 12.4 Å². The molecule has 0 spiro atoms. The standard InChI is InChI=1S/C15H20FN5/c1-10(2)15-19-13(9-14(20-15)21-17)18-8-7-11-3-5-12(16)6-4-11/h3-6,9-10H,7-8,17H2,1-2H3,(H2,18,19,20,21). The van der Waals surface area contributed by atoms with Crippen LogP contribution < -0.4 is 16.6 Å². The predicted octanol–water partition coefficient (Wildman–Crippen LogP) is 2.68. The third kappa shape index (κ3) is 4.39. The molecule has 0 fully saturated rings. The van der Waals surface area contributed by atoms with Gasteiger partial charge in [0.15, 0.2) is 0 Å². The molecule has 21 heavy (non-hydrogen) atoms. The molecule has 0 bridgehead atoms. The van der Waals surface area contributed by atoms with Crippen LogP contribution in [0.2, 0.25) is 0 Å². The van der Waals surface area contributed by atoms with E-state index in [1.54, 1.807) is 18.2 Å². The monoisotopic (exact) mass is 289 g/mol. The largest absolute Gasteiger partial charge is 0.370 e. The van der Waals surface area contributed by atoms with Crippen LogP contribution in [0.4, 0.5) is 16.0 Å². The molecule has 0 aliphatic heterocycles. The summed E-state index contributed by atoms with van der Waals surface area (Å²) in [4.78, 5) is 8.75. The molecular formula is C15H20FN5. The van der Waals surface area contributed by atoms with E-state index in [-0.39, 0.29) is 11.7 Å². The summed E-state index contributed by atoms with van der Waals surface area (Å²) in [6.07, 6.45) is 0.784. The van der Waals surface area contributed by atoms with Crippen LogP contribution in [-0.4, -0.2) is 16.5 Å². The van der Waals surface area contributed by atoms with Crippen LogP contribution in [0.3, 0.4) is 0 Å². The molecule has 0 radical (unpaired) electrons. The normalized spacial score (nSPS) is 10.7. The number of hydrogen-bond acceptors (Lipinski definition) is 5. The number of aromatic nitrogens is 2. The maximum atomic E-state index is 12.8. The molecule has 112 valence electrons. The Labute approximate surface area is 123 Å². The van der Waals surface area contributed by atoms with Crippen molar-refractivity contribution in [2.24, 2.45) is 5.84 Å². The first-order valence-electron chi connectivity index (χ1n) is 6.92. The zero-order chi connectivity index (χ0) is 15.2. The van der Waals surface area contributed by atoms with E-state index < -0.39 is 0 Å². The van der Waals surface area contributed by atoms with Gasteiger partial charge in [0, 0.05) is 18.5 Å². The van der Waals surface area contributed by atoms with Gasteiger partial charge in [-0.05, 0) is 24.1 Å². The number of nitrogens with zero attached hydrogens (tertiary/aromatic N) is 2. The minimum absolute atomic E-state index is 0.218. The van der Waals surface area contributed by atoms with Crippen molar-refractivity contribution in [3.8, 4) is 0 Å². The molecule has 2 aromatic rings. The summed E-state index contributed by atoms with van der Waals surface area (Å²) < 4.78 is 12.8. The number of hydrogen-bond donors (Lipinski definition) is 3. The van der Waals surface area contributed by atoms with E-state index in [9.17, 15) is 4.39 Å². The highest BCUT2D eigenvalue weighted by atomic mass is 19.1. The molecule has 0 unspecified atom stereocenters. The molecule has 0 aliphatic carbocycles. The maximum absolute atomic E-state index is 12.8. The number of anilines is 2. The lowest BCUT2D eigenvalue weighted by atomic mass is 10.1. The van der Waals surface area contributed by atoms with Gasteiger partial charge in [-0.3, -0.25) is 0 Å². The lowest BCUT2D eigenvalue weighted by molar-refractivity contribution is 0.627. The minimum Gasteiger partial charge on any atom is -0.370 e. The lowest BCUT2D eigenvalue weighted by Crippen LogP contribution is -2.14. The van der Waals surface area contributed by atoms with E-state index in [1.807, 2.05) is 13.8 Å². The van der Waals surface area contributed by atoms with Crippen molar-refractivity contribution in [1.29, 1.82) is 0 Å². The SMILES string of the molecule is CC(C)c1nc(NN)cc(NCCc2ccc(F)cc2)n1. The van der Waals surface area contributed by atoms with Crippen molar-refractivity contribution >= 4 is 11.6 Å². The molecule has 1 aromatic carbocycles. The number of nitrogens with one attached hydrogen (secondary N) is 2. The molecule has 6 heteroatoms. The van der Waals surface area contributed by atoms with Crippen LogP contribution in [0.25, 0.3) is 0 Å². The third-order valence-corrected chi connectivity index (χ3v) is 3.04. The van der Waals surface area contributed by atoms with Crippen molar-refractivity contribution in [3.05, 3.63) is 47.5 Å². The number of halogens is 1. The van der Waals surface area contributed by atoms with Crippen LogP contribution in [0.1, 0.15) is 31.2 Å². The highest BCUT2D eigenvalue weighted by Gasteiger charge is 2.07. The molecule has 0 atom stereocenters. The number of benzene rings is 1. The summed E-state index contributed by atoms with van der Waals surface area (Å²) in [6, 6.07) is 8.25. The van der Waals surface area contributed by atoms with Crippen molar-refractivity contribution in [1.82, 2.24) is 9.97 Å². The van der Waals surface area contributed by atoms with Gasteiger partial charge in [-0.2, -0.15) is 0 Å². The van der Waals surface area contributed by atoms with E-state index >= 15 is 0 Å². The zero-order valence-electron chi connectivity index (χ0n) is 12.2. The summed E-state index contributed by atoms with van der Waals surface area (Å²) in [5.74, 6) is 7.46. The smallest absolute Gasteiger partial charge is 0.145 e. The molecular weight excluding hydrogens is 269 g/mol. The fourth-order valence-corrected chi connectivity index (χ4v) is 1.87. The summed E-state index contributed by atoms with van der Waals surface area (Å²) in [7, 11) is 0. The molecule has 0 saturated heterocycles. The number of nitrogens with two attached hydrogens (primary N) is 1. The lowest BCUT2D eigenvalue weighted by Gasteiger charge is -2.11. The number of nitrogen functional groups attached to an aromatic ring is 1. The van der Waals surface area contributed by atoms with Crippen LogP contribution in [-0.2, 0) is 6.42 Å². The summed E-state index contributed by atoms with van der Waals surface area (Å²) in [6.45, 7) is 4.75. The van der Waals surface area contributed by atoms with E-state index in [0.717, 1.165) is 23.6 Å². The van der Waals surface area contributed by atoms with Crippen molar-refractivity contribution in [2.45, 2.75) is 26.2 Å². The summed E-state index contributed by atoms with van der Waals surface area (Å²) in [5, 5.41) is 3.24. The molecule has 1 heterocycles. The van der Waals surface area contributed by atoms with Gasteiger partial charge in [0.1, 0.15) is 23.3 Å². The number of hydrazine groups is 1. The van der Waals surface area contributed by atoms with Crippen LogP contribution in [0.15, 0.2) is 30.3 Å². The Balaban J connectivity index is 1.99. The van der Waals surface area contributed by atoms with Crippen LogP contribution in [0, 0.1) is 5.82 Å². The average molecular weight is 289 g/mol. The highest BCUT2D eigenvalue weighted by Crippen LogP contribution is 2.16. The molecule has 5 nitrogen and oxygen atoms in total. The fourth-order valence-electron chi connectivity index (χ4n) is 1.87. The van der Waals surface area contributed by atoms with Gasteiger partial charge in [-0.25, -0.2) is 20.2 Å². The van der Waals surface area contributed by atoms with Gasteiger partial charge in [-0.15, -0.1) is 0 Å². The van der Waals surface area contributed by atoms with Gasteiger partial charge >= 0.3 is 0 Å². The van der Waals surface area contributed by atoms with E-state index in [4.69, 9.17) is 5.84 Å². The highest BCUT2D eigenvalue weighted by molar-refractivity contribution is 5.47. The van der Waals surface area contributed by atoms with Gasteiger partial charge in [0.25, 0.3) is 0 Å². The third-order valence-electron chi connectivity index (χ3n) is 3.04. The minimum atomic E-state index is -0.220. The second-order valence-electron chi connectivity index (χ2n) is 5.10. The first kappa shape index (κ1) is 15.2. The second kappa shape index (κ2) is 6.99. The van der Waals surface area contributed by atoms with Crippen molar-refractivity contribution in [2.75, 3.05) is 17.3 Å². The predicted molar refractivity (Wildman–Crippen MR) is 82.5 cm³/mol. The Morgan fingerprint density at radius 1 is 1.14 bits per heavy atom. The fraction of sp³-hybridized carbons (Fsp3) is 0.333. The first-order valence-corrected chi connectivity index (χ1v) is 6.92. The molecule has 0 amide bonds. The topological polar surface area (TPSA) is 75.9 Å². The van der Waals surface area contributed by atoms with Gasteiger partial charge in [0.05, 0.1) is 0 Å². The second-order valence-corrected chi connectivity index (χ2v) is 5.10. The molecule has 0 saturated carbocycles. The van der Waals surface area contributed by atoms with Crippen molar-refractivity contribution in [3.63, 3.8) is 0 Å². The zero-order valence-corrected chi connectivity index (χ0v) is 12.2. The summed E-state index contributed by atoms with van der Waals surface area (Å²) in [5.41, 5.74) is 3.61. The Morgan fingerprint density at radius 2 is 1.81 bits per heavy atom. The van der Waals surface area contributed by atoms with Gasteiger partial charge in [0.2, 0.25) is 0 Å². The van der Waals surface area contributed by atoms with Gasteiger partial charge < -0.3 is 10.7 Å². The molecule has 1 aromatic heterocycles. The average Bonchev–Trinajstić information content (AvgIpc) is 2.49. The number of rotatable bonds is 6. The Hall–Kier alpha value is -2.21. The van der Waals surface area contributed by atoms with Gasteiger partial charge in [-0.1, -0.05) is 26.0 Å². The van der Waals surface area contributed by atoms with Crippen molar-refractivity contribution < 1.29 is 4.39 Å². The van der Waals surface area contributed by atoms with E-state index in [1.165, 1.54) is 12.1 Å². The Kier molecular flexibility index (Phi) is 5.05. The maximum Gasteiger partial charge on any atom is 0.145 e. The first-order chi connectivity index (χ1) is 10.1. The quantitative estimate of drug-likeness (QED) is 0.563. The van der Waals surface area contributed by atoms with Crippen LogP contribution >= 0.6 is 0 Å². The Morgan fingerprint density at radius 3 is 2.43 bits per heavy atom. The van der Waals surface area contributed by atoms with E-state index in [2.05, 4.69) is 20.7 Å². The molecule has 2 rings (SSSR count). The molecule has 4 N–H and O–H groups in total.